The Morgan fingerprint density at radius 1 is 1.41 bits per heavy atom. The molecule has 1 atom stereocenters. The molecule has 2 aromatic rings. The van der Waals surface area contributed by atoms with Crippen LogP contribution in [-0.2, 0) is 11.3 Å². The standard InChI is InChI=1S/C12H14N4O/c1-10(16-8-4-7-15-16)12(17)14-9-11-5-2-3-6-13-11/h2-8,10H,9H2,1H3,(H,14,17). The fraction of sp³-hybridized carbons (Fsp3) is 0.250. The lowest BCUT2D eigenvalue weighted by Gasteiger charge is -2.12. The molecule has 0 saturated carbocycles. The zero-order chi connectivity index (χ0) is 12.1. The first kappa shape index (κ1) is 11.3. The van der Waals surface area contributed by atoms with Crippen molar-refractivity contribution in [3.05, 3.63) is 48.5 Å². The van der Waals surface area contributed by atoms with E-state index in [4.69, 9.17) is 0 Å². The Hall–Kier alpha value is -2.17. The monoisotopic (exact) mass is 230 g/mol. The Kier molecular flexibility index (Phi) is 3.49. The van der Waals surface area contributed by atoms with Crippen molar-refractivity contribution < 1.29 is 4.79 Å². The summed E-state index contributed by atoms with van der Waals surface area (Å²) in [6.45, 7) is 2.24. The average molecular weight is 230 g/mol. The van der Waals surface area contributed by atoms with Gasteiger partial charge in [0.05, 0.1) is 12.2 Å². The van der Waals surface area contributed by atoms with Gasteiger partial charge in [0.2, 0.25) is 5.91 Å². The maximum Gasteiger partial charge on any atom is 0.244 e. The normalized spacial score (nSPS) is 12.1. The van der Waals surface area contributed by atoms with Gasteiger partial charge in [0.25, 0.3) is 0 Å². The van der Waals surface area contributed by atoms with Crippen LogP contribution in [0.15, 0.2) is 42.9 Å². The van der Waals surface area contributed by atoms with Crippen LogP contribution < -0.4 is 5.32 Å². The predicted molar refractivity (Wildman–Crippen MR) is 63.0 cm³/mol. The van der Waals surface area contributed by atoms with Crippen LogP contribution in [0, 0.1) is 0 Å². The molecule has 0 fully saturated rings. The van der Waals surface area contributed by atoms with Crippen LogP contribution in [0.3, 0.4) is 0 Å². The summed E-state index contributed by atoms with van der Waals surface area (Å²) in [5, 5.41) is 6.86. The van der Waals surface area contributed by atoms with E-state index in [2.05, 4.69) is 15.4 Å². The minimum atomic E-state index is -0.311. The van der Waals surface area contributed by atoms with E-state index >= 15 is 0 Å². The summed E-state index contributed by atoms with van der Waals surface area (Å²) in [6.07, 6.45) is 5.13. The number of hydrogen-bond donors (Lipinski definition) is 1. The third-order valence-electron chi connectivity index (χ3n) is 2.47. The lowest BCUT2D eigenvalue weighted by molar-refractivity contribution is -0.124. The molecule has 1 amide bonds. The molecule has 1 unspecified atom stereocenters. The van der Waals surface area contributed by atoms with Gasteiger partial charge >= 0.3 is 0 Å². The first-order chi connectivity index (χ1) is 8.27. The van der Waals surface area contributed by atoms with Gasteiger partial charge in [-0.05, 0) is 25.1 Å². The van der Waals surface area contributed by atoms with Crippen LogP contribution in [0.1, 0.15) is 18.7 Å². The molecule has 2 aromatic heterocycles. The highest BCUT2D eigenvalue weighted by Gasteiger charge is 2.14. The quantitative estimate of drug-likeness (QED) is 0.857. The van der Waals surface area contributed by atoms with Crippen molar-refractivity contribution in [1.29, 1.82) is 0 Å². The molecule has 0 spiro atoms. The highest BCUT2D eigenvalue weighted by molar-refractivity contribution is 5.79. The SMILES string of the molecule is CC(C(=O)NCc1ccccn1)n1cccn1. The van der Waals surface area contributed by atoms with Gasteiger partial charge in [-0.15, -0.1) is 0 Å². The maximum absolute atomic E-state index is 11.8. The van der Waals surface area contributed by atoms with E-state index in [0.29, 0.717) is 6.54 Å². The molecule has 0 radical (unpaired) electrons. The minimum Gasteiger partial charge on any atom is -0.349 e. The van der Waals surface area contributed by atoms with Gasteiger partial charge in [-0.25, -0.2) is 0 Å². The van der Waals surface area contributed by atoms with E-state index < -0.39 is 0 Å². The lowest BCUT2D eigenvalue weighted by Crippen LogP contribution is -2.31. The second-order valence-electron chi connectivity index (χ2n) is 3.70. The zero-order valence-electron chi connectivity index (χ0n) is 9.58. The zero-order valence-corrected chi connectivity index (χ0v) is 9.58. The number of rotatable bonds is 4. The molecule has 0 aliphatic heterocycles. The van der Waals surface area contributed by atoms with Gasteiger partial charge in [0.15, 0.2) is 0 Å². The number of amides is 1. The summed E-state index contributed by atoms with van der Waals surface area (Å²) in [5.41, 5.74) is 0.841. The highest BCUT2D eigenvalue weighted by Crippen LogP contribution is 2.03. The van der Waals surface area contributed by atoms with Crippen molar-refractivity contribution in [2.75, 3.05) is 0 Å². The molecular weight excluding hydrogens is 216 g/mol. The number of carbonyl (C=O) groups is 1. The Morgan fingerprint density at radius 3 is 2.94 bits per heavy atom. The summed E-state index contributed by atoms with van der Waals surface area (Å²) < 4.78 is 1.62. The van der Waals surface area contributed by atoms with E-state index in [1.807, 2.05) is 18.2 Å². The summed E-state index contributed by atoms with van der Waals surface area (Å²) in [5.74, 6) is -0.0700. The van der Waals surface area contributed by atoms with E-state index in [9.17, 15) is 4.79 Å². The molecule has 2 rings (SSSR count). The lowest BCUT2D eigenvalue weighted by atomic mass is 10.3. The largest absolute Gasteiger partial charge is 0.349 e. The molecule has 1 N–H and O–H groups in total. The van der Waals surface area contributed by atoms with E-state index in [0.717, 1.165) is 5.69 Å². The Balaban J connectivity index is 1.90. The van der Waals surface area contributed by atoms with Crippen molar-refractivity contribution in [3.63, 3.8) is 0 Å². The number of pyridine rings is 1. The van der Waals surface area contributed by atoms with Crippen LogP contribution in [0.4, 0.5) is 0 Å². The maximum atomic E-state index is 11.8. The molecule has 88 valence electrons. The van der Waals surface area contributed by atoms with Crippen molar-refractivity contribution >= 4 is 5.91 Å². The molecule has 0 aromatic carbocycles. The van der Waals surface area contributed by atoms with Crippen molar-refractivity contribution in [2.24, 2.45) is 0 Å². The summed E-state index contributed by atoms with van der Waals surface area (Å²) in [4.78, 5) is 16.0. The van der Waals surface area contributed by atoms with Crippen LogP contribution in [0.2, 0.25) is 0 Å². The smallest absolute Gasteiger partial charge is 0.244 e. The fourth-order valence-corrected chi connectivity index (χ4v) is 1.46. The van der Waals surface area contributed by atoms with E-state index in [-0.39, 0.29) is 11.9 Å². The van der Waals surface area contributed by atoms with E-state index in [1.165, 1.54) is 0 Å². The molecule has 0 aliphatic carbocycles. The molecule has 5 heteroatoms. The van der Waals surface area contributed by atoms with Gasteiger partial charge < -0.3 is 5.32 Å². The van der Waals surface area contributed by atoms with E-state index in [1.54, 1.807) is 36.3 Å². The van der Waals surface area contributed by atoms with Crippen LogP contribution in [0.5, 0.6) is 0 Å². The molecule has 0 aliphatic rings. The Bertz CT molecular complexity index is 467. The second kappa shape index (κ2) is 5.25. The average Bonchev–Trinajstić information content (AvgIpc) is 2.90. The highest BCUT2D eigenvalue weighted by atomic mass is 16.2. The fourth-order valence-electron chi connectivity index (χ4n) is 1.46. The molecule has 2 heterocycles. The molecular formula is C12H14N4O. The molecule has 0 saturated heterocycles. The van der Waals surface area contributed by atoms with Crippen LogP contribution >= 0.6 is 0 Å². The third-order valence-corrected chi connectivity index (χ3v) is 2.47. The topological polar surface area (TPSA) is 59.8 Å². The number of aromatic nitrogens is 3. The Labute approximate surface area is 99.5 Å². The van der Waals surface area contributed by atoms with Crippen molar-refractivity contribution in [2.45, 2.75) is 19.5 Å². The number of nitrogens with zero attached hydrogens (tertiary/aromatic N) is 3. The predicted octanol–water partition coefficient (Wildman–Crippen LogP) is 1.16. The van der Waals surface area contributed by atoms with Gasteiger partial charge in [0.1, 0.15) is 6.04 Å². The van der Waals surface area contributed by atoms with Gasteiger partial charge in [0, 0.05) is 18.6 Å². The number of nitrogens with one attached hydrogen (secondary N) is 1. The van der Waals surface area contributed by atoms with Crippen molar-refractivity contribution in [3.8, 4) is 0 Å². The molecule has 0 bridgehead atoms. The Morgan fingerprint density at radius 2 is 2.29 bits per heavy atom. The summed E-state index contributed by atoms with van der Waals surface area (Å²) in [6, 6.07) is 7.10. The summed E-state index contributed by atoms with van der Waals surface area (Å²) in [7, 11) is 0. The molecule has 5 nitrogen and oxygen atoms in total. The number of carbonyl (C=O) groups excluding carboxylic acids is 1. The van der Waals surface area contributed by atoms with Crippen LogP contribution in [-0.4, -0.2) is 20.7 Å². The van der Waals surface area contributed by atoms with Crippen LogP contribution in [0.25, 0.3) is 0 Å². The van der Waals surface area contributed by atoms with Crippen molar-refractivity contribution in [1.82, 2.24) is 20.1 Å². The minimum absolute atomic E-state index is 0.0700. The first-order valence-corrected chi connectivity index (χ1v) is 5.44. The molecule has 17 heavy (non-hydrogen) atoms. The third kappa shape index (κ3) is 2.90. The van der Waals surface area contributed by atoms with Gasteiger partial charge in [-0.1, -0.05) is 6.07 Å². The first-order valence-electron chi connectivity index (χ1n) is 5.44. The van der Waals surface area contributed by atoms with Gasteiger partial charge in [-0.3, -0.25) is 14.5 Å². The number of hydrogen-bond acceptors (Lipinski definition) is 3. The van der Waals surface area contributed by atoms with Gasteiger partial charge in [-0.2, -0.15) is 5.10 Å². The summed E-state index contributed by atoms with van der Waals surface area (Å²) >= 11 is 0. The second-order valence-corrected chi connectivity index (χ2v) is 3.70.